The van der Waals surface area contributed by atoms with Crippen LogP contribution in [0.5, 0.6) is 0 Å². The van der Waals surface area contributed by atoms with Crippen LogP contribution in [0.15, 0.2) is 0 Å². The summed E-state index contributed by atoms with van der Waals surface area (Å²) >= 11 is 8.22. The van der Waals surface area contributed by atoms with Gasteiger partial charge in [-0.15, -0.1) is 3.82 Å². The van der Waals surface area contributed by atoms with E-state index in [0.29, 0.717) is 0 Å². The van der Waals surface area contributed by atoms with E-state index in [1.165, 1.54) is 0 Å². The average molecular weight is 380 g/mol. The van der Waals surface area contributed by atoms with Crippen molar-refractivity contribution in [1.29, 1.82) is 0 Å². The SMILES string of the molecule is CN(Cl)S(=O)(=O)C(F)(F)C(F)(F)OC(F)(F)C(F)(F)Cl. The van der Waals surface area contributed by atoms with Gasteiger partial charge in [0, 0.05) is 7.05 Å². The van der Waals surface area contributed by atoms with Crippen molar-refractivity contribution in [3.8, 4) is 0 Å². The van der Waals surface area contributed by atoms with Crippen LogP contribution in [0, 0.1) is 0 Å². The van der Waals surface area contributed by atoms with E-state index < -0.39 is 36.7 Å². The Morgan fingerprint density at radius 3 is 1.55 bits per heavy atom. The van der Waals surface area contributed by atoms with Crippen LogP contribution in [0.3, 0.4) is 0 Å². The highest BCUT2D eigenvalue weighted by Crippen LogP contribution is 2.48. The van der Waals surface area contributed by atoms with E-state index in [-0.39, 0.29) is 7.05 Å². The van der Waals surface area contributed by atoms with Crippen LogP contribution in [0.2, 0.25) is 0 Å². The highest BCUT2D eigenvalue weighted by atomic mass is 35.5. The van der Waals surface area contributed by atoms with Crippen LogP contribution in [-0.2, 0) is 14.8 Å². The summed E-state index contributed by atoms with van der Waals surface area (Å²) < 4.78 is 123. The molecule has 122 valence electrons. The van der Waals surface area contributed by atoms with Crippen LogP contribution in [-0.4, -0.2) is 42.1 Å². The van der Waals surface area contributed by atoms with E-state index >= 15 is 0 Å². The molecule has 0 aromatic rings. The second-order valence-corrected chi connectivity index (χ2v) is 6.24. The van der Waals surface area contributed by atoms with Gasteiger partial charge >= 0.3 is 32.9 Å². The standard InChI is InChI=1S/C5H3Cl2F8NO3S/c1-16(7)20(17,18)5(14,15)4(12,13)19-3(10,11)2(6,8)9/h1H3. The Labute approximate surface area is 116 Å². The Morgan fingerprint density at radius 2 is 1.30 bits per heavy atom. The molecule has 0 amide bonds. The summed E-state index contributed by atoms with van der Waals surface area (Å²) in [6, 6.07) is 0. The van der Waals surface area contributed by atoms with E-state index in [1.54, 1.807) is 0 Å². The molecular formula is C5H3Cl2F8NO3S. The molecule has 0 fully saturated rings. The first-order valence-electron chi connectivity index (χ1n) is 3.95. The van der Waals surface area contributed by atoms with Gasteiger partial charge in [-0.3, -0.25) is 0 Å². The lowest BCUT2D eigenvalue weighted by Gasteiger charge is -2.30. The van der Waals surface area contributed by atoms with Gasteiger partial charge < -0.3 is 0 Å². The molecule has 4 nitrogen and oxygen atoms in total. The molecule has 0 heterocycles. The third-order valence-electron chi connectivity index (χ3n) is 1.58. The number of alkyl halides is 9. The molecule has 0 saturated heterocycles. The Balaban J connectivity index is 5.67. The molecule has 0 atom stereocenters. The van der Waals surface area contributed by atoms with Crippen LogP contribution >= 0.6 is 23.4 Å². The summed E-state index contributed by atoms with van der Waals surface area (Å²) in [5, 5.41) is -12.2. The summed E-state index contributed by atoms with van der Waals surface area (Å²) in [7, 11) is -6.23. The van der Waals surface area contributed by atoms with Crippen molar-refractivity contribution >= 4 is 33.4 Å². The van der Waals surface area contributed by atoms with Gasteiger partial charge in [0.1, 0.15) is 0 Å². The highest BCUT2D eigenvalue weighted by molar-refractivity contribution is 7.91. The first kappa shape index (κ1) is 19.9. The minimum atomic E-state index is -6.56. The normalized spacial score (nSPS) is 15.8. The smallest absolute Gasteiger partial charge is 0.243 e. The molecule has 0 saturated carbocycles. The second kappa shape index (κ2) is 5.26. The number of nitrogens with zero attached hydrogens (tertiary/aromatic N) is 1. The highest BCUT2D eigenvalue weighted by Gasteiger charge is 2.74. The number of halogens is 10. The first-order valence-corrected chi connectivity index (χ1v) is 6.10. The lowest BCUT2D eigenvalue weighted by molar-refractivity contribution is -0.442. The van der Waals surface area contributed by atoms with Gasteiger partial charge in [-0.1, -0.05) is 0 Å². The molecule has 15 heteroatoms. The fourth-order valence-corrected chi connectivity index (χ4v) is 1.54. The predicted molar refractivity (Wildman–Crippen MR) is 49.3 cm³/mol. The predicted octanol–water partition coefficient (Wildman–Crippen LogP) is 3.03. The van der Waals surface area contributed by atoms with Gasteiger partial charge in [0.25, 0.3) is 0 Å². The minimum absolute atomic E-state index is 0.148. The summed E-state index contributed by atoms with van der Waals surface area (Å²) in [6.45, 7) is 0. The zero-order chi connectivity index (χ0) is 16.8. The molecule has 0 aromatic carbocycles. The van der Waals surface area contributed by atoms with Crippen LogP contribution < -0.4 is 0 Å². The second-order valence-electron chi connectivity index (χ2n) is 3.05. The fourth-order valence-electron chi connectivity index (χ4n) is 0.586. The van der Waals surface area contributed by atoms with Gasteiger partial charge in [0.05, 0.1) is 0 Å². The summed E-state index contributed by atoms with van der Waals surface area (Å²) in [5.74, 6) is 0. The average Bonchev–Trinajstić information content (AvgIpc) is 2.12. The number of rotatable bonds is 6. The summed E-state index contributed by atoms with van der Waals surface area (Å²) in [4.78, 5) is 0. The van der Waals surface area contributed by atoms with E-state index in [1.807, 2.05) is 4.74 Å². The third-order valence-corrected chi connectivity index (χ3v) is 3.89. The van der Waals surface area contributed by atoms with Crippen molar-refractivity contribution in [2.45, 2.75) is 22.9 Å². The fraction of sp³-hybridized carbons (Fsp3) is 1.00. The zero-order valence-electron chi connectivity index (χ0n) is 8.86. The number of hydrogen-bond donors (Lipinski definition) is 0. The number of sulfonamides is 1. The molecule has 20 heavy (non-hydrogen) atoms. The molecular weight excluding hydrogens is 377 g/mol. The van der Waals surface area contributed by atoms with Crippen LogP contribution in [0.1, 0.15) is 0 Å². The van der Waals surface area contributed by atoms with Gasteiger partial charge in [-0.25, -0.2) is 13.2 Å². The topological polar surface area (TPSA) is 46.6 Å². The monoisotopic (exact) mass is 379 g/mol. The molecule has 0 aliphatic carbocycles. The third kappa shape index (κ3) is 3.37. The number of ether oxygens (including phenoxy) is 1. The largest absolute Gasteiger partial charge is 0.450 e. The van der Waals surface area contributed by atoms with Crippen molar-refractivity contribution in [3.63, 3.8) is 0 Å². The lowest BCUT2D eigenvalue weighted by atomic mass is 10.6. The quantitative estimate of drug-likeness (QED) is 0.405. The molecule has 0 aromatic heterocycles. The molecule has 0 unspecified atom stereocenters. The van der Waals surface area contributed by atoms with E-state index in [9.17, 15) is 43.5 Å². The molecule has 0 N–H and O–H groups in total. The maximum Gasteiger partial charge on any atom is 0.450 e. The van der Waals surface area contributed by atoms with E-state index in [2.05, 4.69) is 23.4 Å². The van der Waals surface area contributed by atoms with Crippen LogP contribution in [0.25, 0.3) is 0 Å². The van der Waals surface area contributed by atoms with Gasteiger partial charge in [-0.2, -0.15) is 35.1 Å². The minimum Gasteiger partial charge on any atom is -0.243 e. The lowest BCUT2D eigenvalue weighted by Crippen LogP contribution is -2.56. The summed E-state index contributed by atoms with van der Waals surface area (Å²) in [5.41, 5.74) is 0. The zero-order valence-corrected chi connectivity index (χ0v) is 11.2. The molecule has 0 radical (unpaired) electrons. The van der Waals surface area contributed by atoms with Crippen molar-refractivity contribution in [1.82, 2.24) is 3.82 Å². The maximum absolute atomic E-state index is 12.9. The van der Waals surface area contributed by atoms with E-state index in [0.717, 1.165) is 0 Å². The van der Waals surface area contributed by atoms with E-state index in [4.69, 9.17) is 0 Å². The molecule has 0 aliphatic heterocycles. The Morgan fingerprint density at radius 1 is 0.950 bits per heavy atom. The van der Waals surface area contributed by atoms with Crippen molar-refractivity contribution in [3.05, 3.63) is 0 Å². The molecule has 0 rings (SSSR count). The van der Waals surface area contributed by atoms with Crippen molar-refractivity contribution < 1.29 is 48.3 Å². The Kier molecular flexibility index (Phi) is 5.23. The first-order chi connectivity index (χ1) is 8.40. The van der Waals surface area contributed by atoms with Crippen molar-refractivity contribution in [2.24, 2.45) is 0 Å². The Hall–Kier alpha value is -0.110. The molecule has 0 aliphatic rings. The van der Waals surface area contributed by atoms with Gasteiger partial charge in [-0.05, 0) is 23.4 Å². The van der Waals surface area contributed by atoms with Crippen LogP contribution in [0.4, 0.5) is 35.1 Å². The van der Waals surface area contributed by atoms with Gasteiger partial charge in [0.2, 0.25) is 0 Å². The summed E-state index contributed by atoms with van der Waals surface area (Å²) in [6.07, 6.45) is -12.8. The molecule has 0 bridgehead atoms. The van der Waals surface area contributed by atoms with Crippen molar-refractivity contribution in [2.75, 3.05) is 7.05 Å². The van der Waals surface area contributed by atoms with Gasteiger partial charge in [0.15, 0.2) is 0 Å². The molecule has 0 spiro atoms. The maximum atomic E-state index is 12.9. The number of hydrogen-bond acceptors (Lipinski definition) is 3. The Bertz CT molecular complexity index is 461.